The molecule has 12 heteroatoms. The second kappa shape index (κ2) is 13.9. The highest BCUT2D eigenvalue weighted by Gasteiger charge is 2.55. The van der Waals surface area contributed by atoms with Gasteiger partial charge in [-0.15, -0.1) is 0 Å². The number of carbonyl (C=O) groups excluding carboxylic acids is 5. The summed E-state index contributed by atoms with van der Waals surface area (Å²) in [6.07, 6.45) is -7.53. The Morgan fingerprint density at radius 1 is 0.786 bits per heavy atom. The average molecular weight is 586 g/mol. The molecular formula is C30H35NO11. The van der Waals surface area contributed by atoms with Gasteiger partial charge in [0.05, 0.1) is 0 Å². The van der Waals surface area contributed by atoms with Crippen molar-refractivity contribution in [3.8, 4) is 16.9 Å². The van der Waals surface area contributed by atoms with Crippen molar-refractivity contribution in [3.05, 3.63) is 53.6 Å². The summed E-state index contributed by atoms with van der Waals surface area (Å²) in [4.78, 5) is 60.1. The molecule has 2 aromatic rings. The SMILES string of the molecule is CNC(=O)c1cccc(-c2ccc(O[C@H]3O[C@H]([C@H](C)OC(C)=O)[C@@H](OC(C)=O)[C@H](OC(C)=O)[C@@H]3OC(C)=O)c(C)c2)c1. The highest BCUT2D eigenvalue weighted by molar-refractivity contribution is 5.95. The van der Waals surface area contributed by atoms with Gasteiger partial charge < -0.3 is 33.7 Å². The van der Waals surface area contributed by atoms with Crippen LogP contribution < -0.4 is 10.1 Å². The van der Waals surface area contributed by atoms with E-state index < -0.39 is 60.7 Å². The van der Waals surface area contributed by atoms with Crippen molar-refractivity contribution in [3.63, 3.8) is 0 Å². The fourth-order valence-electron chi connectivity index (χ4n) is 4.68. The van der Waals surface area contributed by atoms with E-state index in [1.807, 2.05) is 12.1 Å². The van der Waals surface area contributed by atoms with Gasteiger partial charge in [-0.1, -0.05) is 18.2 Å². The molecule has 3 rings (SSSR count). The second-order valence-electron chi connectivity index (χ2n) is 9.76. The summed E-state index contributed by atoms with van der Waals surface area (Å²) in [5.41, 5.74) is 2.77. The van der Waals surface area contributed by atoms with Crippen LogP contribution in [0, 0.1) is 6.92 Å². The van der Waals surface area contributed by atoms with Crippen LogP contribution in [0.15, 0.2) is 42.5 Å². The molecule has 1 aliphatic rings. The highest BCUT2D eigenvalue weighted by atomic mass is 16.7. The van der Waals surface area contributed by atoms with Gasteiger partial charge in [-0.3, -0.25) is 24.0 Å². The summed E-state index contributed by atoms with van der Waals surface area (Å²) < 4.78 is 34.0. The minimum Gasteiger partial charge on any atom is -0.460 e. The Balaban J connectivity index is 2.01. The Kier molecular flexibility index (Phi) is 10.6. The van der Waals surface area contributed by atoms with Crippen molar-refractivity contribution < 1.29 is 52.4 Å². The van der Waals surface area contributed by atoms with E-state index in [0.717, 1.165) is 31.9 Å². The van der Waals surface area contributed by atoms with E-state index in [1.165, 1.54) is 13.8 Å². The number of nitrogens with one attached hydrogen (secondary N) is 1. The van der Waals surface area contributed by atoms with E-state index in [0.29, 0.717) is 16.9 Å². The topological polar surface area (TPSA) is 153 Å². The Morgan fingerprint density at radius 2 is 1.38 bits per heavy atom. The van der Waals surface area contributed by atoms with Gasteiger partial charge in [0.25, 0.3) is 5.91 Å². The number of hydrogen-bond acceptors (Lipinski definition) is 11. The zero-order valence-electron chi connectivity index (χ0n) is 24.5. The molecule has 1 N–H and O–H groups in total. The molecule has 1 saturated heterocycles. The molecule has 0 aliphatic carbocycles. The van der Waals surface area contributed by atoms with Crippen LogP contribution in [0.1, 0.15) is 50.5 Å². The zero-order chi connectivity index (χ0) is 31.1. The molecule has 0 radical (unpaired) electrons. The van der Waals surface area contributed by atoms with Crippen LogP contribution in [0.5, 0.6) is 5.75 Å². The fourth-order valence-corrected chi connectivity index (χ4v) is 4.68. The van der Waals surface area contributed by atoms with E-state index >= 15 is 0 Å². The smallest absolute Gasteiger partial charge is 0.303 e. The number of amides is 1. The molecule has 0 unspecified atom stereocenters. The number of hydrogen-bond donors (Lipinski definition) is 1. The first-order valence-corrected chi connectivity index (χ1v) is 13.2. The van der Waals surface area contributed by atoms with Crippen molar-refractivity contribution in [2.45, 2.75) is 78.4 Å². The zero-order valence-corrected chi connectivity index (χ0v) is 24.5. The predicted molar refractivity (Wildman–Crippen MR) is 147 cm³/mol. The minimum absolute atomic E-state index is 0.216. The maximum absolute atomic E-state index is 12.1. The van der Waals surface area contributed by atoms with Gasteiger partial charge in [-0.2, -0.15) is 0 Å². The third-order valence-corrected chi connectivity index (χ3v) is 6.35. The highest BCUT2D eigenvalue weighted by Crippen LogP contribution is 2.34. The summed E-state index contributed by atoms with van der Waals surface area (Å²) in [5, 5.41) is 2.60. The number of esters is 4. The van der Waals surface area contributed by atoms with Crippen LogP contribution >= 0.6 is 0 Å². The second-order valence-corrected chi connectivity index (χ2v) is 9.76. The fraction of sp³-hybridized carbons (Fsp3) is 0.433. The molecule has 226 valence electrons. The number of benzene rings is 2. The van der Waals surface area contributed by atoms with Gasteiger partial charge in [0.2, 0.25) is 12.4 Å². The van der Waals surface area contributed by atoms with Crippen molar-refractivity contribution in [2.24, 2.45) is 0 Å². The number of rotatable bonds is 9. The van der Waals surface area contributed by atoms with Gasteiger partial charge in [-0.05, 0) is 54.8 Å². The molecular weight excluding hydrogens is 550 g/mol. The number of carbonyl (C=O) groups is 5. The van der Waals surface area contributed by atoms with E-state index in [2.05, 4.69) is 5.32 Å². The monoisotopic (exact) mass is 585 g/mol. The van der Waals surface area contributed by atoms with E-state index in [1.54, 1.807) is 44.3 Å². The molecule has 12 nitrogen and oxygen atoms in total. The quantitative estimate of drug-likeness (QED) is 0.341. The van der Waals surface area contributed by atoms with Crippen LogP contribution in [-0.4, -0.2) is 73.6 Å². The van der Waals surface area contributed by atoms with Crippen LogP contribution in [-0.2, 0) is 42.9 Å². The van der Waals surface area contributed by atoms with Crippen LogP contribution in [0.4, 0.5) is 0 Å². The Labute approximate surface area is 243 Å². The molecule has 1 aliphatic heterocycles. The summed E-state index contributed by atoms with van der Waals surface area (Å²) in [6, 6.07) is 12.4. The summed E-state index contributed by atoms with van der Waals surface area (Å²) in [6.45, 7) is 7.96. The maximum Gasteiger partial charge on any atom is 0.303 e. The predicted octanol–water partition coefficient (Wildman–Crippen LogP) is 2.87. The van der Waals surface area contributed by atoms with Gasteiger partial charge in [0.1, 0.15) is 18.0 Å². The number of aryl methyl sites for hydroxylation is 1. The molecule has 2 aromatic carbocycles. The lowest BCUT2D eigenvalue weighted by Crippen LogP contribution is -2.65. The molecule has 6 atom stereocenters. The minimum atomic E-state index is -1.37. The maximum atomic E-state index is 12.1. The number of ether oxygens (including phenoxy) is 6. The first kappa shape index (κ1) is 32.1. The lowest BCUT2D eigenvalue weighted by molar-refractivity contribution is -0.296. The molecule has 1 fully saturated rings. The molecule has 0 spiro atoms. The lowest BCUT2D eigenvalue weighted by Gasteiger charge is -2.45. The lowest BCUT2D eigenvalue weighted by atomic mass is 9.94. The normalized spacial score (nSPS) is 22.2. The molecule has 0 saturated carbocycles. The first-order valence-electron chi connectivity index (χ1n) is 13.2. The summed E-state index contributed by atoms with van der Waals surface area (Å²) in [5.74, 6) is -2.70. The third kappa shape index (κ3) is 8.06. The van der Waals surface area contributed by atoms with Gasteiger partial charge in [0.15, 0.2) is 12.2 Å². The Bertz CT molecular complexity index is 1340. The first-order chi connectivity index (χ1) is 19.8. The molecule has 42 heavy (non-hydrogen) atoms. The largest absolute Gasteiger partial charge is 0.460 e. The van der Waals surface area contributed by atoms with Crippen molar-refractivity contribution >= 4 is 29.8 Å². The molecule has 1 heterocycles. The van der Waals surface area contributed by atoms with Gasteiger partial charge in [0, 0.05) is 40.3 Å². The van der Waals surface area contributed by atoms with Crippen molar-refractivity contribution in [1.29, 1.82) is 0 Å². The van der Waals surface area contributed by atoms with Gasteiger partial charge in [-0.25, -0.2) is 0 Å². The van der Waals surface area contributed by atoms with Crippen molar-refractivity contribution in [1.82, 2.24) is 5.32 Å². The van der Waals surface area contributed by atoms with E-state index in [-0.39, 0.29) is 5.91 Å². The molecule has 0 bridgehead atoms. The van der Waals surface area contributed by atoms with E-state index in [9.17, 15) is 24.0 Å². The third-order valence-electron chi connectivity index (χ3n) is 6.35. The Hall–Kier alpha value is -4.45. The molecule has 0 aromatic heterocycles. The molecule has 1 amide bonds. The average Bonchev–Trinajstić information content (AvgIpc) is 2.91. The summed E-state index contributed by atoms with van der Waals surface area (Å²) >= 11 is 0. The van der Waals surface area contributed by atoms with E-state index in [4.69, 9.17) is 28.4 Å². The van der Waals surface area contributed by atoms with Crippen LogP contribution in [0.25, 0.3) is 11.1 Å². The van der Waals surface area contributed by atoms with Gasteiger partial charge >= 0.3 is 23.9 Å². The summed E-state index contributed by atoms with van der Waals surface area (Å²) in [7, 11) is 1.56. The van der Waals surface area contributed by atoms with Crippen LogP contribution in [0.2, 0.25) is 0 Å². The standard InChI is InChI=1S/C30H35NO11/c1-15-13-22(21-9-8-10-23(14-21)29(36)31-7)11-12-24(15)41-30-28(40-20(6)35)27(39-19(5)34)26(38-18(4)33)25(42-30)16(2)37-17(3)32/h8-14,16,25-28,30H,1-7H3,(H,31,36)/t16-,25+,26+,27-,28-,30-/m0/s1. The van der Waals surface area contributed by atoms with Crippen LogP contribution in [0.3, 0.4) is 0 Å². The van der Waals surface area contributed by atoms with Crippen molar-refractivity contribution in [2.75, 3.05) is 7.05 Å². The Morgan fingerprint density at radius 3 is 1.95 bits per heavy atom.